The summed E-state index contributed by atoms with van der Waals surface area (Å²) >= 11 is 0. The van der Waals surface area contributed by atoms with Gasteiger partial charge in [0.25, 0.3) is 0 Å². The largest absolute Gasteiger partial charge is 0.496 e. The topological polar surface area (TPSA) is 90.9 Å². The Balaban J connectivity index is 1.91. The number of esters is 2. The molecule has 3 atom stereocenters. The maximum absolute atomic E-state index is 14.3. The summed E-state index contributed by atoms with van der Waals surface area (Å²) < 4.78 is 16.4. The molecule has 0 amide bonds. The van der Waals surface area contributed by atoms with Gasteiger partial charge in [0.1, 0.15) is 11.7 Å². The fourth-order valence-electron chi connectivity index (χ4n) is 5.37. The molecule has 37 heavy (non-hydrogen) atoms. The van der Waals surface area contributed by atoms with Crippen LogP contribution in [0, 0.1) is 12.8 Å². The van der Waals surface area contributed by atoms with E-state index in [1.54, 1.807) is 21.0 Å². The number of benzene rings is 2. The molecule has 0 saturated heterocycles. The summed E-state index contributed by atoms with van der Waals surface area (Å²) in [6.45, 7) is 7.62. The number of ketones is 1. The van der Waals surface area contributed by atoms with Crippen molar-refractivity contribution in [2.45, 2.75) is 46.0 Å². The number of dihydropyridines is 1. The maximum Gasteiger partial charge on any atom is 0.336 e. The third kappa shape index (κ3) is 4.90. The Morgan fingerprint density at radius 2 is 1.65 bits per heavy atom. The van der Waals surface area contributed by atoms with Crippen LogP contribution in [-0.4, -0.2) is 38.0 Å². The highest BCUT2D eigenvalue weighted by atomic mass is 16.5. The predicted molar refractivity (Wildman–Crippen MR) is 139 cm³/mol. The van der Waals surface area contributed by atoms with E-state index < -0.39 is 29.7 Å². The average molecular weight is 504 g/mol. The minimum absolute atomic E-state index is 0.153. The number of methoxy groups -OCH3 is 1. The predicted octanol–water partition coefficient (Wildman–Crippen LogP) is 4.72. The van der Waals surface area contributed by atoms with Crippen LogP contribution in [0.1, 0.15) is 55.7 Å². The molecule has 0 saturated carbocycles. The summed E-state index contributed by atoms with van der Waals surface area (Å²) in [5.74, 6) is -3.07. The van der Waals surface area contributed by atoms with Crippen LogP contribution in [0.4, 0.5) is 0 Å². The van der Waals surface area contributed by atoms with Gasteiger partial charge in [-0.15, -0.1) is 0 Å². The van der Waals surface area contributed by atoms with Gasteiger partial charge in [-0.2, -0.15) is 0 Å². The van der Waals surface area contributed by atoms with Gasteiger partial charge in [0.15, 0.2) is 5.78 Å². The summed E-state index contributed by atoms with van der Waals surface area (Å²) in [5, 5.41) is 3.32. The second-order valence-corrected chi connectivity index (χ2v) is 9.27. The van der Waals surface area contributed by atoms with Crippen molar-refractivity contribution in [2.24, 2.45) is 5.92 Å². The first-order valence-corrected chi connectivity index (χ1v) is 12.6. The number of rotatable bonds is 7. The van der Waals surface area contributed by atoms with Crippen molar-refractivity contribution in [3.05, 3.63) is 87.8 Å². The Labute approximate surface area is 217 Å². The lowest BCUT2D eigenvalue weighted by atomic mass is 9.67. The molecular formula is C30H33NO6. The number of hydrogen-bond acceptors (Lipinski definition) is 7. The smallest absolute Gasteiger partial charge is 0.336 e. The number of para-hydroxylation sites is 1. The van der Waals surface area contributed by atoms with E-state index in [-0.39, 0.29) is 19.0 Å². The second-order valence-electron chi connectivity index (χ2n) is 9.27. The van der Waals surface area contributed by atoms with Crippen LogP contribution in [0.2, 0.25) is 0 Å². The Kier molecular flexibility index (Phi) is 7.81. The van der Waals surface area contributed by atoms with Gasteiger partial charge in [0, 0.05) is 28.8 Å². The van der Waals surface area contributed by atoms with E-state index in [2.05, 4.69) is 5.32 Å². The molecule has 7 heteroatoms. The molecule has 1 aliphatic carbocycles. The van der Waals surface area contributed by atoms with E-state index in [1.165, 1.54) is 0 Å². The van der Waals surface area contributed by atoms with Crippen LogP contribution < -0.4 is 10.1 Å². The molecule has 1 N–H and O–H groups in total. The van der Waals surface area contributed by atoms with Crippen molar-refractivity contribution >= 4 is 17.7 Å². The zero-order valence-electron chi connectivity index (χ0n) is 21.9. The Hall–Kier alpha value is -3.87. The molecule has 0 bridgehead atoms. The van der Waals surface area contributed by atoms with Crippen LogP contribution in [0.3, 0.4) is 0 Å². The lowest BCUT2D eigenvalue weighted by molar-refractivity contribution is -0.152. The second kappa shape index (κ2) is 11.0. The number of allylic oxidation sites excluding steroid dienone is 3. The summed E-state index contributed by atoms with van der Waals surface area (Å²) in [4.78, 5) is 40.8. The highest BCUT2D eigenvalue weighted by Crippen LogP contribution is 2.49. The number of ether oxygens (including phenoxy) is 3. The Bertz CT molecular complexity index is 1270. The molecule has 0 radical (unpaired) electrons. The van der Waals surface area contributed by atoms with E-state index in [1.807, 2.05) is 62.4 Å². The number of hydrogen-bond donors (Lipinski definition) is 1. The highest BCUT2D eigenvalue weighted by Gasteiger charge is 2.49. The van der Waals surface area contributed by atoms with Crippen molar-refractivity contribution in [1.82, 2.24) is 5.32 Å². The molecular weight excluding hydrogens is 470 g/mol. The summed E-state index contributed by atoms with van der Waals surface area (Å²) in [6, 6.07) is 15.1. The molecule has 0 aromatic heterocycles. The molecule has 1 aliphatic heterocycles. The Morgan fingerprint density at radius 1 is 0.973 bits per heavy atom. The van der Waals surface area contributed by atoms with Gasteiger partial charge in [0.2, 0.25) is 0 Å². The van der Waals surface area contributed by atoms with Gasteiger partial charge in [-0.05, 0) is 51.3 Å². The van der Waals surface area contributed by atoms with Crippen molar-refractivity contribution in [3.8, 4) is 5.75 Å². The number of carbonyl (C=O) groups excluding carboxylic acids is 3. The first kappa shape index (κ1) is 26.2. The first-order valence-electron chi connectivity index (χ1n) is 12.6. The molecule has 194 valence electrons. The van der Waals surface area contributed by atoms with Crippen LogP contribution in [-0.2, 0) is 23.9 Å². The van der Waals surface area contributed by atoms with Gasteiger partial charge < -0.3 is 19.5 Å². The standard InChI is InChI=1S/C30H33NO6/c1-6-36-29(33)24-18(4)31-22-16-21(20-10-8-9-11-23(20)35-5)26(30(34)37-7-2)28(32)27(22)25(24)19-14-12-17(3)13-15-19/h8-15,21,25-26,31H,6-7,16H2,1-5H3/t21-,25-,26+/m0/s1. The van der Waals surface area contributed by atoms with Gasteiger partial charge in [-0.1, -0.05) is 48.0 Å². The third-order valence-electron chi connectivity index (χ3n) is 7.00. The maximum atomic E-state index is 14.3. The molecule has 4 rings (SSSR count). The van der Waals surface area contributed by atoms with Gasteiger partial charge in [-0.3, -0.25) is 9.59 Å². The van der Waals surface area contributed by atoms with Crippen molar-refractivity contribution in [1.29, 1.82) is 0 Å². The molecule has 7 nitrogen and oxygen atoms in total. The molecule has 2 aliphatic rings. The SMILES string of the molecule is CCOC(=O)C1=C(C)NC2=C(C(=O)[C@H](C(=O)OCC)[C@H](c3ccccc3OC)C2)[C@H]1c1ccc(C)cc1. The molecule has 0 unspecified atom stereocenters. The molecule has 0 spiro atoms. The monoisotopic (exact) mass is 503 g/mol. The number of nitrogens with one attached hydrogen (secondary N) is 1. The van der Waals surface area contributed by atoms with E-state index in [9.17, 15) is 14.4 Å². The van der Waals surface area contributed by atoms with Crippen LogP contribution in [0.15, 0.2) is 71.1 Å². The molecule has 1 heterocycles. The third-order valence-corrected chi connectivity index (χ3v) is 7.00. The molecule has 2 aromatic rings. The quantitative estimate of drug-likeness (QED) is 0.432. The van der Waals surface area contributed by atoms with E-state index in [0.29, 0.717) is 34.7 Å². The van der Waals surface area contributed by atoms with Crippen LogP contribution >= 0.6 is 0 Å². The fraction of sp³-hybridized carbons (Fsp3) is 0.367. The van der Waals surface area contributed by atoms with Crippen LogP contribution in [0.25, 0.3) is 0 Å². The Morgan fingerprint density at radius 3 is 2.30 bits per heavy atom. The minimum atomic E-state index is -1.08. The number of aryl methyl sites for hydroxylation is 1. The van der Waals surface area contributed by atoms with Crippen molar-refractivity contribution < 1.29 is 28.6 Å². The zero-order valence-corrected chi connectivity index (χ0v) is 21.9. The van der Waals surface area contributed by atoms with Crippen molar-refractivity contribution in [2.75, 3.05) is 20.3 Å². The fourth-order valence-corrected chi connectivity index (χ4v) is 5.37. The summed E-state index contributed by atoms with van der Waals surface area (Å²) in [5.41, 5.74) is 4.70. The van der Waals surface area contributed by atoms with E-state index in [4.69, 9.17) is 14.2 Å². The van der Waals surface area contributed by atoms with Crippen LogP contribution in [0.5, 0.6) is 5.75 Å². The normalized spacial score (nSPS) is 21.2. The number of carbonyl (C=O) groups is 3. The van der Waals surface area contributed by atoms with Gasteiger partial charge in [-0.25, -0.2) is 4.79 Å². The van der Waals surface area contributed by atoms with Gasteiger partial charge >= 0.3 is 11.9 Å². The van der Waals surface area contributed by atoms with Crippen molar-refractivity contribution in [3.63, 3.8) is 0 Å². The van der Waals surface area contributed by atoms with Gasteiger partial charge in [0.05, 0.1) is 25.9 Å². The molecule has 0 fully saturated rings. The number of Topliss-reactive ketones (excluding diaryl/α,β-unsaturated/α-hetero) is 1. The van der Waals surface area contributed by atoms with E-state index in [0.717, 1.165) is 16.7 Å². The molecule has 2 aromatic carbocycles. The van der Waals surface area contributed by atoms with E-state index >= 15 is 0 Å². The first-order chi connectivity index (χ1) is 17.8. The lowest BCUT2D eigenvalue weighted by Crippen LogP contribution is -2.43. The summed E-state index contributed by atoms with van der Waals surface area (Å²) in [7, 11) is 1.57. The summed E-state index contributed by atoms with van der Waals surface area (Å²) in [6.07, 6.45) is 0.376. The lowest BCUT2D eigenvalue weighted by Gasteiger charge is -2.39. The zero-order chi connectivity index (χ0) is 26.7. The highest BCUT2D eigenvalue weighted by molar-refractivity contribution is 6.13. The minimum Gasteiger partial charge on any atom is -0.496 e. The average Bonchev–Trinajstić information content (AvgIpc) is 2.88.